The van der Waals surface area contributed by atoms with E-state index >= 15 is 0 Å². The van der Waals surface area contributed by atoms with E-state index in [4.69, 9.17) is 9.47 Å². The summed E-state index contributed by atoms with van der Waals surface area (Å²) in [6.07, 6.45) is 2.39. The molecule has 4 aromatic carbocycles. The second-order valence-corrected chi connectivity index (χ2v) is 8.65. The minimum absolute atomic E-state index is 0.409. The van der Waals surface area contributed by atoms with Crippen molar-refractivity contribution >= 4 is 22.7 Å². The molecule has 1 aromatic heterocycles. The van der Waals surface area contributed by atoms with Crippen LogP contribution in [0, 0.1) is 0 Å². The van der Waals surface area contributed by atoms with Gasteiger partial charge >= 0.3 is 11.9 Å². The highest BCUT2D eigenvalue weighted by atomic mass is 16.5. The van der Waals surface area contributed by atoms with Gasteiger partial charge in [-0.2, -0.15) is 0 Å². The number of carbonyl (C=O) groups is 2. The summed E-state index contributed by atoms with van der Waals surface area (Å²) in [7, 11) is 2.75. The summed E-state index contributed by atoms with van der Waals surface area (Å²) < 4.78 is 10.1. The van der Waals surface area contributed by atoms with Crippen LogP contribution in [0.2, 0.25) is 0 Å². The number of benzene rings is 4. The van der Waals surface area contributed by atoms with Crippen molar-refractivity contribution in [2.75, 3.05) is 14.2 Å². The number of esters is 2. The maximum atomic E-state index is 12.6. The fourth-order valence-electron chi connectivity index (χ4n) is 4.67. The Bertz CT molecular complexity index is 1540. The smallest absolute Gasteiger partial charge is 0.338 e. The summed E-state index contributed by atoms with van der Waals surface area (Å²) in [5, 5.41) is 2.21. The molecule has 5 aromatic rings. The largest absolute Gasteiger partial charge is 0.465 e. The van der Waals surface area contributed by atoms with E-state index in [1.165, 1.54) is 14.2 Å². The van der Waals surface area contributed by atoms with Gasteiger partial charge in [0.25, 0.3) is 0 Å². The SMILES string of the molecule is COC(=O)c1ccccc1-c1cc(Cc2nccc3ccccc23)cc(-c2ccccc2C(=O)OC)c1. The van der Waals surface area contributed by atoms with E-state index in [0.29, 0.717) is 17.5 Å². The van der Waals surface area contributed by atoms with Gasteiger partial charge in [0.05, 0.1) is 31.0 Å². The van der Waals surface area contributed by atoms with Crippen molar-refractivity contribution in [1.29, 1.82) is 0 Å². The number of ether oxygens (including phenoxy) is 2. The molecule has 5 rings (SSSR count). The van der Waals surface area contributed by atoms with Gasteiger partial charge in [0.2, 0.25) is 0 Å². The van der Waals surface area contributed by atoms with E-state index in [1.54, 1.807) is 12.1 Å². The lowest BCUT2D eigenvalue weighted by molar-refractivity contribution is 0.0592. The van der Waals surface area contributed by atoms with Crippen LogP contribution in [0.4, 0.5) is 0 Å². The van der Waals surface area contributed by atoms with E-state index in [-0.39, 0.29) is 0 Å². The lowest BCUT2D eigenvalue weighted by Gasteiger charge is -2.15. The summed E-state index contributed by atoms with van der Waals surface area (Å²) in [5.74, 6) is -0.818. The van der Waals surface area contributed by atoms with Crippen molar-refractivity contribution < 1.29 is 19.1 Å². The van der Waals surface area contributed by atoms with Crippen molar-refractivity contribution in [3.63, 3.8) is 0 Å². The molecule has 0 radical (unpaired) electrons. The standard InChI is InChI=1S/C32H25NO4/c1-36-31(34)28-13-7-5-10-25(28)23-17-21(19-30-27-12-4-3-9-22(27)15-16-33-30)18-24(20-23)26-11-6-8-14-29(26)32(35)37-2/h3-18,20H,19H2,1-2H3. The molecule has 0 bridgehead atoms. The van der Waals surface area contributed by atoms with Crippen molar-refractivity contribution in [1.82, 2.24) is 4.98 Å². The second-order valence-electron chi connectivity index (χ2n) is 8.65. The lowest BCUT2D eigenvalue weighted by atomic mass is 9.90. The zero-order chi connectivity index (χ0) is 25.8. The summed E-state index contributed by atoms with van der Waals surface area (Å²) in [4.78, 5) is 29.8. The predicted molar refractivity (Wildman–Crippen MR) is 145 cm³/mol. The molecule has 5 nitrogen and oxygen atoms in total. The average molecular weight is 488 g/mol. The fraction of sp³-hybridized carbons (Fsp3) is 0.0938. The topological polar surface area (TPSA) is 65.5 Å². The number of rotatable bonds is 6. The number of nitrogens with zero attached hydrogens (tertiary/aromatic N) is 1. The monoisotopic (exact) mass is 487 g/mol. The summed E-state index contributed by atoms with van der Waals surface area (Å²) in [6.45, 7) is 0. The first-order valence-corrected chi connectivity index (χ1v) is 11.9. The Kier molecular flexibility index (Phi) is 6.77. The van der Waals surface area contributed by atoms with E-state index < -0.39 is 11.9 Å². The molecule has 5 heteroatoms. The van der Waals surface area contributed by atoms with Crippen molar-refractivity contribution in [3.05, 3.63) is 126 Å². The average Bonchev–Trinajstić information content (AvgIpc) is 2.96. The summed E-state index contributed by atoms with van der Waals surface area (Å²) in [5.41, 5.74) is 6.06. The molecule has 0 fully saturated rings. The molecule has 0 saturated heterocycles. The van der Waals surface area contributed by atoms with E-state index in [2.05, 4.69) is 29.2 Å². The van der Waals surface area contributed by atoms with Crippen LogP contribution in [0.15, 0.2) is 103 Å². The molecule has 182 valence electrons. The molecular weight excluding hydrogens is 462 g/mol. The number of methoxy groups -OCH3 is 2. The van der Waals surface area contributed by atoms with Gasteiger partial charge in [-0.25, -0.2) is 9.59 Å². The Morgan fingerprint density at radius 1 is 0.676 bits per heavy atom. The number of pyridine rings is 1. The normalized spacial score (nSPS) is 10.8. The molecule has 0 amide bonds. The second kappa shape index (κ2) is 10.5. The van der Waals surface area contributed by atoms with E-state index in [1.807, 2.05) is 66.9 Å². The van der Waals surface area contributed by atoms with Crippen LogP contribution >= 0.6 is 0 Å². The van der Waals surface area contributed by atoms with Gasteiger partial charge < -0.3 is 9.47 Å². The van der Waals surface area contributed by atoms with Crippen LogP contribution in [-0.4, -0.2) is 31.1 Å². The molecule has 0 N–H and O–H groups in total. The molecule has 0 atom stereocenters. The minimum atomic E-state index is -0.409. The molecule has 0 aliphatic rings. The van der Waals surface area contributed by atoms with Gasteiger partial charge in [0.15, 0.2) is 0 Å². The van der Waals surface area contributed by atoms with Crippen LogP contribution in [0.25, 0.3) is 33.0 Å². The van der Waals surface area contributed by atoms with Crippen molar-refractivity contribution in [3.8, 4) is 22.3 Å². The molecular formula is C32H25NO4. The van der Waals surface area contributed by atoms with Crippen molar-refractivity contribution in [2.45, 2.75) is 6.42 Å². The zero-order valence-electron chi connectivity index (χ0n) is 20.6. The third-order valence-corrected chi connectivity index (χ3v) is 6.41. The first kappa shape index (κ1) is 23.9. The molecule has 0 unspecified atom stereocenters. The molecule has 0 aliphatic heterocycles. The van der Waals surface area contributed by atoms with Crippen LogP contribution in [0.5, 0.6) is 0 Å². The number of fused-ring (bicyclic) bond motifs is 1. The van der Waals surface area contributed by atoms with E-state index in [9.17, 15) is 9.59 Å². The quantitative estimate of drug-likeness (QED) is 0.248. The Hall–Kier alpha value is -4.77. The highest BCUT2D eigenvalue weighted by Gasteiger charge is 2.18. The number of hydrogen-bond donors (Lipinski definition) is 0. The van der Waals surface area contributed by atoms with Crippen molar-refractivity contribution in [2.24, 2.45) is 0 Å². The van der Waals surface area contributed by atoms with Gasteiger partial charge in [-0.15, -0.1) is 0 Å². The predicted octanol–water partition coefficient (Wildman–Crippen LogP) is 6.73. The van der Waals surface area contributed by atoms with Gasteiger partial charge in [-0.3, -0.25) is 4.98 Å². The maximum Gasteiger partial charge on any atom is 0.338 e. The van der Waals surface area contributed by atoms with Gasteiger partial charge in [0.1, 0.15) is 0 Å². The van der Waals surface area contributed by atoms with Crippen LogP contribution < -0.4 is 0 Å². The van der Waals surface area contributed by atoms with E-state index in [0.717, 1.165) is 44.3 Å². The third kappa shape index (κ3) is 4.84. The Morgan fingerprint density at radius 2 is 1.22 bits per heavy atom. The highest BCUT2D eigenvalue weighted by Crippen LogP contribution is 2.33. The summed E-state index contributed by atoms with van der Waals surface area (Å²) in [6, 6.07) is 31.0. The van der Waals surface area contributed by atoms with Gasteiger partial charge in [-0.05, 0) is 57.5 Å². The minimum Gasteiger partial charge on any atom is -0.465 e. The fourth-order valence-corrected chi connectivity index (χ4v) is 4.67. The number of hydrogen-bond acceptors (Lipinski definition) is 5. The zero-order valence-corrected chi connectivity index (χ0v) is 20.6. The highest BCUT2D eigenvalue weighted by molar-refractivity contribution is 6.00. The van der Waals surface area contributed by atoms with Gasteiger partial charge in [-0.1, -0.05) is 72.8 Å². The van der Waals surface area contributed by atoms with Crippen LogP contribution in [0.1, 0.15) is 32.0 Å². The van der Waals surface area contributed by atoms with Crippen LogP contribution in [-0.2, 0) is 15.9 Å². The Morgan fingerprint density at radius 3 is 1.81 bits per heavy atom. The molecule has 0 spiro atoms. The number of aromatic nitrogens is 1. The summed E-state index contributed by atoms with van der Waals surface area (Å²) >= 11 is 0. The molecule has 1 heterocycles. The van der Waals surface area contributed by atoms with Gasteiger partial charge in [0, 0.05) is 18.0 Å². The Balaban J connectivity index is 1.72. The first-order chi connectivity index (χ1) is 18.1. The first-order valence-electron chi connectivity index (χ1n) is 11.9. The Labute approximate surface area is 215 Å². The maximum absolute atomic E-state index is 12.6. The number of carbonyl (C=O) groups excluding carboxylic acids is 2. The van der Waals surface area contributed by atoms with Crippen LogP contribution in [0.3, 0.4) is 0 Å². The third-order valence-electron chi connectivity index (χ3n) is 6.41. The lowest BCUT2D eigenvalue weighted by Crippen LogP contribution is -2.05. The molecule has 0 aliphatic carbocycles. The molecule has 37 heavy (non-hydrogen) atoms. The molecule has 0 saturated carbocycles.